The van der Waals surface area contributed by atoms with Crippen LogP contribution in [0.25, 0.3) is 0 Å². The van der Waals surface area contributed by atoms with E-state index in [0.29, 0.717) is 0 Å². The molecule has 0 aromatic heterocycles. The van der Waals surface area contributed by atoms with E-state index in [1.807, 2.05) is 0 Å². The largest absolute Gasteiger partial charge is 0.478 e. The monoisotopic (exact) mass is 335 g/mol. The minimum absolute atomic E-state index is 0.0564. The molecule has 1 rings (SSSR count). The Morgan fingerprint density at radius 2 is 2.00 bits per heavy atom. The van der Waals surface area contributed by atoms with Crippen LogP contribution >= 0.6 is 11.6 Å². The Kier molecular flexibility index (Phi) is 5.94. The van der Waals surface area contributed by atoms with Crippen molar-refractivity contribution in [3.05, 3.63) is 28.8 Å². The van der Waals surface area contributed by atoms with E-state index in [1.54, 1.807) is 0 Å². The van der Waals surface area contributed by atoms with Gasteiger partial charge in [-0.15, -0.1) is 0 Å². The van der Waals surface area contributed by atoms with Gasteiger partial charge in [0, 0.05) is 11.6 Å². The van der Waals surface area contributed by atoms with Crippen molar-refractivity contribution in [1.82, 2.24) is 10.0 Å². The third-order valence-electron chi connectivity index (χ3n) is 2.43. The summed E-state index contributed by atoms with van der Waals surface area (Å²) in [6.45, 7) is -0.120. The van der Waals surface area contributed by atoms with Crippen LogP contribution in [0.4, 0.5) is 10.5 Å². The van der Waals surface area contributed by atoms with Crippen molar-refractivity contribution in [2.24, 2.45) is 0 Å². The summed E-state index contributed by atoms with van der Waals surface area (Å²) in [5.41, 5.74) is -0.110. The lowest BCUT2D eigenvalue weighted by Crippen LogP contribution is -2.35. The number of amides is 2. The molecule has 0 atom stereocenters. The first-order valence-corrected chi connectivity index (χ1v) is 7.77. The molecule has 0 aliphatic carbocycles. The molecule has 0 heterocycles. The number of hydrogen-bond acceptors (Lipinski definition) is 4. The molecule has 0 radical (unpaired) electrons. The number of aromatic carboxylic acids is 1. The van der Waals surface area contributed by atoms with Gasteiger partial charge in [0.05, 0.1) is 17.0 Å². The fourth-order valence-electron chi connectivity index (χ4n) is 1.37. The highest BCUT2D eigenvalue weighted by Gasteiger charge is 2.13. The van der Waals surface area contributed by atoms with Crippen LogP contribution in [0, 0.1) is 0 Å². The van der Waals surface area contributed by atoms with E-state index in [1.165, 1.54) is 25.2 Å². The van der Waals surface area contributed by atoms with Crippen molar-refractivity contribution >= 4 is 39.3 Å². The zero-order valence-electron chi connectivity index (χ0n) is 11.0. The van der Waals surface area contributed by atoms with Crippen LogP contribution in [0.5, 0.6) is 0 Å². The SMILES string of the molecule is CNS(=O)(=O)CCNC(=O)Nc1ccc(Cl)cc1C(=O)O. The van der Waals surface area contributed by atoms with Gasteiger partial charge >= 0.3 is 12.0 Å². The molecule has 10 heteroatoms. The Hall–Kier alpha value is -1.84. The summed E-state index contributed by atoms with van der Waals surface area (Å²) < 4.78 is 24.4. The quantitative estimate of drug-likeness (QED) is 0.609. The predicted molar refractivity (Wildman–Crippen MR) is 78.3 cm³/mol. The number of anilines is 1. The number of nitrogens with one attached hydrogen (secondary N) is 3. The summed E-state index contributed by atoms with van der Waals surface area (Å²) in [5.74, 6) is -1.53. The number of halogens is 1. The molecule has 0 fully saturated rings. The van der Waals surface area contributed by atoms with Crippen LogP contribution in [-0.2, 0) is 10.0 Å². The molecule has 1 aromatic rings. The van der Waals surface area contributed by atoms with Gasteiger partial charge < -0.3 is 15.7 Å². The summed E-state index contributed by atoms with van der Waals surface area (Å²) >= 11 is 5.68. The van der Waals surface area contributed by atoms with Crippen LogP contribution in [0.2, 0.25) is 5.02 Å². The Morgan fingerprint density at radius 1 is 1.33 bits per heavy atom. The molecule has 0 saturated carbocycles. The molecule has 8 nitrogen and oxygen atoms in total. The third kappa shape index (κ3) is 5.58. The number of urea groups is 1. The highest BCUT2D eigenvalue weighted by molar-refractivity contribution is 7.89. The van der Waals surface area contributed by atoms with Crippen LogP contribution in [0.3, 0.4) is 0 Å². The van der Waals surface area contributed by atoms with Crippen molar-refractivity contribution in [1.29, 1.82) is 0 Å². The topological polar surface area (TPSA) is 125 Å². The van der Waals surface area contributed by atoms with Crippen molar-refractivity contribution in [2.45, 2.75) is 0 Å². The minimum Gasteiger partial charge on any atom is -0.478 e. The summed E-state index contributed by atoms with van der Waals surface area (Å²) in [4.78, 5) is 22.6. The molecular weight excluding hydrogens is 322 g/mol. The van der Waals surface area contributed by atoms with Gasteiger partial charge in [0.15, 0.2) is 0 Å². The summed E-state index contributed by atoms with van der Waals surface area (Å²) in [6, 6.07) is 3.25. The normalized spacial score (nSPS) is 11.0. The molecule has 0 aliphatic heterocycles. The molecule has 4 N–H and O–H groups in total. The zero-order chi connectivity index (χ0) is 16.0. The van der Waals surface area contributed by atoms with Gasteiger partial charge in [-0.25, -0.2) is 22.7 Å². The minimum atomic E-state index is -3.42. The average Bonchev–Trinajstić information content (AvgIpc) is 2.40. The van der Waals surface area contributed by atoms with Gasteiger partial charge in [0.1, 0.15) is 0 Å². The summed E-state index contributed by atoms with van der Waals surface area (Å²) in [7, 11) is -2.15. The third-order valence-corrected chi connectivity index (χ3v) is 4.03. The first-order valence-electron chi connectivity index (χ1n) is 5.74. The van der Waals surface area contributed by atoms with E-state index >= 15 is 0 Å². The Balaban J connectivity index is 2.66. The Labute approximate surface area is 126 Å². The van der Waals surface area contributed by atoms with Crippen molar-refractivity contribution in [2.75, 3.05) is 24.7 Å². The summed E-state index contributed by atoms with van der Waals surface area (Å²) in [6.07, 6.45) is 0. The highest BCUT2D eigenvalue weighted by Crippen LogP contribution is 2.20. The lowest BCUT2D eigenvalue weighted by Gasteiger charge is -2.10. The van der Waals surface area contributed by atoms with E-state index in [0.717, 1.165) is 0 Å². The van der Waals surface area contributed by atoms with Gasteiger partial charge in [-0.3, -0.25) is 0 Å². The number of benzene rings is 1. The molecule has 0 spiro atoms. The first-order chi connectivity index (χ1) is 9.75. The second-order valence-corrected chi connectivity index (χ2v) is 6.38. The van der Waals surface area contributed by atoms with E-state index < -0.39 is 22.0 Å². The van der Waals surface area contributed by atoms with Gasteiger partial charge in [0.25, 0.3) is 0 Å². The Bertz CT molecular complexity index is 647. The molecule has 0 unspecified atom stereocenters. The molecule has 0 saturated heterocycles. The molecule has 0 bridgehead atoms. The molecule has 0 aliphatic rings. The fourth-order valence-corrected chi connectivity index (χ4v) is 2.12. The Morgan fingerprint density at radius 3 is 2.57 bits per heavy atom. The maximum atomic E-state index is 11.6. The van der Waals surface area contributed by atoms with Gasteiger partial charge in [-0.2, -0.15) is 0 Å². The molecular formula is C11H14ClN3O5S. The predicted octanol–water partition coefficient (Wildman–Crippen LogP) is 0.709. The molecule has 116 valence electrons. The zero-order valence-corrected chi connectivity index (χ0v) is 12.6. The number of sulfonamides is 1. The van der Waals surface area contributed by atoms with Crippen LogP contribution in [-0.4, -0.2) is 44.9 Å². The van der Waals surface area contributed by atoms with E-state index in [2.05, 4.69) is 15.4 Å². The van der Waals surface area contributed by atoms with Gasteiger partial charge in [-0.05, 0) is 25.2 Å². The maximum absolute atomic E-state index is 11.6. The second kappa shape index (κ2) is 7.25. The number of carboxylic acid groups (broad SMARTS) is 1. The van der Waals surface area contributed by atoms with E-state index in [4.69, 9.17) is 16.7 Å². The van der Waals surface area contributed by atoms with E-state index in [9.17, 15) is 18.0 Å². The van der Waals surface area contributed by atoms with Gasteiger partial charge in [0.2, 0.25) is 10.0 Å². The lowest BCUT2D eigenvalue weighted by molar-refractivity contribution is 0.0698. The van der Waals surface area contributed by atoms with Gasteiger partial charge in [-0.1, -0.05) is 11.6 Å². The number of carboxylic acids is 1. The number of hydrogen-bond donors (Lipinski definition) is 4. The maximum Gasteiger partial charge on any atom is 0.337 e. The number of rotatable bonds is 6. The van der Waals surface area contributed by atoms with Crippen LogP contribution < -0.4 is 15.4 Å². The molecule has 1 aromatic carbocycles. The van der Waals surface area contributed by atoms with E-state index in [-0.39, 0.29) is 28.6 Å². The fraction of sp³-hybridized carbons (Fsp3) is 0.273. The number of carbonyl (C=O) groups excluding carboxylic acids is 1. The van der Waals surface area contributed by atoms with Crippen LogP contribution in [0.1, 0.15) is 10.4 Å². The average molecular weight is 336 g/mol. The molecule has 21 heavy (non-hydrogen) atoms. The standard InChI is InChI=1S/C11H14ClN3O5S/c1-13-21(19,20)5-4-14-11(18)15-9-3-2-7(12)6-8(9)10(16)17/h2-3,6,13H,4-5H2,1H3,(H,16,17)(H2,14,15,18). The number of carbonyl (C=O) groups is 2. The summed E-state index contributed by atoms with van der Waals surface area (Å²) in [5, 5.41) is 13.8. The second-order valence-electron chi connectivity index (χ2n) is 3.90. The first kappa shape index (κ1) is 17.2. The van der Waals surface area contributed by atoms with Crippen LogP contribution in [0.15, 0.2) is 18.2 Å². The van der Waals surface area contributed by atoms with Crippen molar-refractivity contribution in [3.63, 3.8) is 0 Å². The van der Waals surface area contributed by atoms with Crippen molar-refractivity contribution < 1.29 is 23.1 Å². The smallest absolute Gasteiger partial charge is 0.337 e. The highest BCUT2D eigenvalue weighted by atomic mass is 35.5. The van der Waals surface area contributed by atoms with Crippen molar-refractivity contribution in [3.8, 4) is 0 Å². The molecule has 2 amide bonds. The lowest BCUT2D eigenvalue weighted by atomic mass is 10.2.